The first-order chi connectivity index (χ1) is 17.1. The van der Waals surface area contributed by atoms with E-state index in [1.54, 1.807) is 4.90 Å². The van der Waals surface area contributed by atoms with E-state index in [0.29, 0.717) is 18.4 Å². The minimum absolute atomic E-state index is 0.00760. The quantitative estimate of drug-likeness (QED) is 0.513. The average Bonchev–Trinajstić information content (AvgIpc) is 3.70. The largest absolute Gasteiger partial charge is 0.465 e. The van der Waals surface area contributed by atoms with Gasteiger partial charge in [0.25, 0.3) is 0 Å². The summed E-state index contributed by atoms with van der Waals surface area (Å²) >= 11 is 0. The van der Waals surface area contributed by atoms with E-state index in [9.17, 15) is 14.7 Å². The van der Waals surface area contributed by atoms with Crippen LogP contribution in [0.5, 0.6) is 0 Å². The second kappa shape index (κ2) is 9.13. The molecule has 2 spiro atoms. The normalized spacial score (nSPS) is 24.9. The molecular weight excluding hydrogens is 452 g/mol. The molecule has 6 heteroatoms. The number of carbonyl (C=O) groups excluding carboxylic acids is 1. The van der Waals surface area contributed by atoms with Gasteiger partial charge in [0.15, 0.2) is 0 Å². The maximum atomic E-state index is 12.4. The molecule has 0 radical (unpaired) electrons. The van der Waals surface area contributed by atoms with E-state index >= 15 is 0 Å². The van der Waals surface area contributed by atoms with Crippen molar-refractivity contribution >= 4 is 12.2 Å². The van der Waals surface area contributed by atoms with Crippen LogP contribution in [0.15, 0.2) is 60.7 Å². The number of ether oxygens (including phenoxy) is 1. The van der Waals surface area contributed by atoms with E-state index in [0.717, 1.165) is 45.1 Å². The summed E-state index contributed by atoms with van der Waals surface area (Å²) in [7, 11) is 0. The highest BCUT2D eigenvalue weighted by atomic mass is 16.6. The van der Waals surface area contributed by atoms with Crippen molar-refractivity contribution in [1.29, 1.82) is 0 Å². The van der Waals surface area contributed by atoms with Gasteiger partial charge in [-0.05, 0) is 70.4 Å². The fourth-order valence-electron chi connectivity index (χ4n) is 6.09. The molecule has 4 aliphatic rings. The Hall–Kier alpha value is -3.02. The van der Waals surface area contributed by atoms with Crippen LogP contribution in [-0.4, -0.2) is 56.9 Å². The number of carbonyl (C=O) groups is 2. The van der Waals surface area contributed by atoms with Gasteiger partial charge in [-0.25, -0.2) is 9.59 Å². The maximum Gasteiger partial charge on any atom is 0.410 e. The van der Waals surface area contributed by atoms with E-state index in [2.05, 4.69) is 36.4 Å². The zero-order valence-electron chi connectivity index (χ0n) is 21.7. The van der Waals surface area contributed by atoms with Gasteiger partial charge >= 0.3 is 12.2 Å². The second-order valence-corrected chi connectivity index (χ2v) is 12.1. The molecule has 2 aliphatic carbocycles. The van der Waals surface area contributed by atoms with Crippen molar-refractivity contribution in [2.45, 2.75) is 87.8 Å². The highest BCUT2D eigenvalue weighted by Crippen LogP contribution is 2.55. The van der Waals surface area contributed by atoms with Crippen LogP contribution in [-0.2, 0) is 4.74 Å². The number of nitrogens with zero attached hydrogens (tertiary/aromatic N) is 2. The number of benzene rings is 2. The summed E-state index contributed by atoms with van der Waals surface area (Å²) in [6.45, 7) is 7.23. The number of hydrogen-bond acceptors (Lipinski definition) is 3. The Kier molecular flexibility index (Phi) is 6.26. The summed E-state index contributed by atoms with van der Waals surface area (Å²) in [5.41, 5.74) is 2.27. The number of hydrogen-bond donors (Lipinski definition) is 1. The third-order valence-corrected chi connectivity index (χ3v) is 8.24. The molecule has 2 saturated heterocycles. The van der Waals surface area contributed by atoms with Crippen molar-refractivity contribution in [1.82, 2.24) is 9.80 Å². The fraction of sp³-hybridized carbons (Fsp3) is 0.533. The predicted octanol–water partition coefficient (Wildman–Crippen LogP) is 6.63. The predicted molar refractivity (Wildman–Crippen MR) is 139 cm³/mol. The Balaban J connectivity index is 0.000000152. The fourth-order valence-corrected chi connectivity index (χ4v) is 6.09. The molecule has 4 fully saturated rings. The van der Waals surface area contributed by atoms with Crippen molar-refractivity contribution in [3.63, 3.8) is 0 Å². The number of likely N-dealkylation sites (tertiary alicyclic amines) is 2. The molecule has 6 nitrogen and oxygen atoms in total. The highest BCUT2D eigenvalue weighted by Gasteiger charge is 2.57. The van der Waals surface area contributed by atoms with Crippen molar-refractivity contribution < 1.29 is 19.4 Å². The molecule has 192 valence electrons. The van der Waals surface area contributed by atoms with Crippen molar-refractivity contribution in [3.05, 3.63) is 71.8 Å². The Morgan fingerprint density at radius 1 is 0.778 bits per heavy atom. The summed E-state index contributed by atoms with van der Waals surface area (Å²) < 4.78 is 5.57. The van der Waals surface area contributed by atoms with Gasteiger partial charge in [0.1, 0.15) is 5.60 Å². The number of carboxylic acid groups (broad SMARTS) is 1. The summed E-state index contributed by atoms with van der Waals surface area (Å²) in [5, 5.41) is 9.18. The molecule has 2 aromatic carbocycles. The van der Waals surface area contributed by atoms with Gasteiger partial charge in [-0.15, -0.1) is 0 Å². The third kappa shape index (κ3) is 5.09. The van der Waals surface area contributed by atoms with Crippen LogP contribution in [0.4, 0.5) is 9.59 Å². The van der Waals surface area contributed by atoms with Crippen LogP contribution in [0.25, 0.3) is 0 Å². The van der Waals surface area contributed by atoms with Gasteiger partial charge in [-0.3, -0.25) is 0 Å². The molecule has 2 amide bonds. The molecule has 2 atom stereocenters. The molecular formula is C30H38N2O4. The summed E-state index contributed by atoms with van der Waals surface area (Å²) in [4.78, 5) is 27.2. The van der Waals surface area contributed by atoms with E-state index in [4.69, 9.17) is 4.74 Å². The summed E-state index contributed by atoms with van der Waals surface area (Å²) in [5.74, 6) is 0.839. The SMILES string of the molecule is CC(C)(C)OC(=O)N1CC(c2ccccc2)CC12CC2.O=C(O)N1C[C@H](c2ccccc2)CC12CC2. The lowest BCUT2D eigenvalue weighted by atomic mass is 9.96. The van der Waals surface area contributed by atoms with Crippen LogP contribution in [0.3, 0.4) is 0 Å². The minimum atomic E-state index is -0.754. The molecule has 0 bridgehead atoms. The van der Waals surface area contributed by atoms with Gasteiger partial charge in [-0.1, -0.05) is 60.7 Å². The van der Waals surface area contributed by atoms with Crippen molar-refractivity contribution in [2.24, 2.45) is 0 Å². The Labute approximate surface area is 214 Å². The molecule has 2 heterocycles. The molecule has 36 heavy (non-hydrogen) atoms. The first-order valence-electron chi connectivity index (χ1n) is 13.2. The zero-order chi connectivity index (χ0) is 25.6. The smallest absolute Gasteiger partial charge is 0.410 e. The summed E-state index contributed by atoms with van der Waals surface area (Å²) in [6.07, 6.45) is 5.51. The van der Waals surface area contributed by atoms with Gasteiger partial charge < -0.3 is 19.6 Å². The van der Waals surface area contributed by atoms with Crippen LogP contribution in [0, 0.1) is 0 Å². The first kappa shape index (κ1) is 24.7. The summed E-state index contributed by atoms with van der Waals surface area (Å²) in [6, 6.07) is 20.8. The third-order valence-electron chi connectivity index (χ3n) is 8.24. The monoisotopic (exact) mass is 490 g/mol. The second-order valence-electron chi connectivity index (χ2n) is 12.1. The lowest BCUT2D eigenvalue weighted by Crippen LogP contribution is -2.41. The molecule has 1 N–H and O–H groups in total. The molecule has 1 unspecified atom stereocenters. The molecule has 6 rings (SSSR count). The van der Waals surface area contributed by atoms with Gasteiger partial charge in [0, 0.05) is 36.0 Å². The number of amides is 2. The molecule has 2 aliphatic heterocycles. The Morgan fingerprint density at radius 2 is 1.19 bits per heavy atom. The Morgan fingerprint density at radius 3 is 1.56 bits per heavy atom. The van der Waals surface area contributed by atoms with Crippen molar-refractivity contribution in [3.8, 4) is 0 Å². The molecule has 0 aromatic heterocycles. The minimum Gasteiger partial charge on any atom is -0.465 e. The highest BCUT2D eigenvalue weighted by molar-refractivity contribution is 5.71. The van der Waals surface area contributed by atoms with E-state index < -0.39 is 11.7 Å². The number of rotatable bonds is 2. The van der Waals surface area contributed by atoms with Gasteiger partial charge in [-0.2, -0.15) is 0 Å². The van der Waals surface area contributed by atoms with Crippen molar-refractivity contribution in [2.75, 3.05) is 13.1 Å². The topological polar surface area (TPSA) is 70.1 Å². The van der Waals surface area contributed by atoms with E-state index in [1.165, 1.54) is 11.1 Å². The molecule has 2 saturated carbocycles. The van der Waals surface area contributed by atoms with Crippen LogP contribution < -0.4 is 0 Å². The van der Waals surface area contributed by atoms with E-state index in [1.807, 2.05) is 49.9 Å². The van der Waals surface area contributed by atoms with Gasteiger partial charge in [0.2, 0.25) is 0 Å². The Bertz CT molecular complexity index is 1090. The van der Waals surface area contributed by atoms with E-state index in [-0.39, 0.29) is 17.2 Å². The standard InChI is InChI=1S/C17H23NO2.C13H15NO2/c1-16(2,3)20-15(19)18-12-14(11-17(18)9-10-17)13-7-5-4-6-8-13;15-12(16)14-9-11(8-13(14)6-7-13)10-4-2-1-3-5-10/h4-8,14H,9-12H2,1-3H3;1-5,11H,6-9H2,(H,15,16)/t;11-/m.1/s1. The van der Waals surface area contributed by atoms with Gasteiger partial charge in [0.05, 0.1) is 0 Å². The maximum absolute atomic E-state index is 12.4. The van der Waals surface area contributed by atoms with Crippen LogP contribution in [0.2, 0.25) is 0 Å². The lowest BCUT2D eigenvalue weighted by molar-refractivity contribution is 0.0202. The van der Waals surface area contributed by atoms with Crippen LogP contribution in [0.1, 0.15) is 82.3 Å². The first-order valence-corrected chi connectivity index (χ1v) is 13.2. The van der Waals surface area contributed by atoms with Crippen LogP contribution >= 0.6 is 0 Å². The average molecular weight is 491 g/mol. The lowest BCUT2D eigenvalue weighted by Gasteiger charge is -2.28. The zero-order valence-corrected chi connectivity index (χ0v) is 21.7. The molecule has 2 aromatic rings.